The van der Waals surface area contributed by atoms with Gasteiger partial charge in [-0.3, -0.25) is 0 Å². The highest BCUT2D eigenvalue weighted by molar-refractivity contribution is 7.91. The maximum absolute atomic E-state index is 12.3. The SMILES string of the molecule is Cc1c(N)cccc1S(=O)(=O)NC1CCCS(=O)(=O)C1. The van der Waals surface area contributed by atoms with Crippen molar-refractivity contribution in [2.24, 2.45) is 0 Å². The summed E-state index contributed by atoms with van der Waals surface area (Å²) < 4.78 is 50.2. The maximum atomic E-state index is 12.3. The van der Waals surface area contributed by atoms with E-state index < -0.39 is 25.9 Å². The molecular formula is C12H18N2O4S2. The molecule has 1 aromatic rings. The van der Waals surface area contributed by atoms with Crippen molar-refractivity contribution in [3.05, 3.63) is 23.8 Å². The molecule has 6 nitrogen and oxygen atoms in total. The summed E-state index contributed by atoms with van der Waals surface area (Å²) in [6.07, 6.45) is 1.01. The maximum Gasteiger partial charge on any atom is 0.241 e. The van der Waals surface area contributed by atoms with Crippen LogP contribution in [0, 0.1) is 6.92 Å². The second-order valence-corrected chi connectivity index (χ2v) is 8.96. The molecule has 0 amide bonds. The Bertz CT molecular complexity index is 711. The van der Waals surface area contributed by atoms with E-state index in [2.05, 4.69) is 4.72 Å². The topological polar surface area (TPSA) is 106 Å². The smallest absolute Gasteiger partial charge is 0.241 e. The molecule has 8 heteroatoms. The Hall–Kier alpha value is -1.12. The van der Waals surface area contributed by atoms with E-state index in [-0.39, 0.29) is 16.4 Å². The molecule has 0 aliphatic carbocycles. The third kappa shape index (κ3) is 3.31. The van der Waals surface area contributed by atoms with Crippen LogP contribution in [0.25, 0.3) is 0 Å². The largest absolute Gasteiger partial charge is 0.398 e. The standard InChI is InChI=1S/C12H18N2O4S2/c1-9-11(13)5-2-6-12(9)20(17,18)14-10-4-3-7-19(15,16)8-10/h2,5-6,10,14H,3-4,7-8,13H2,1H3. The van der Waals surface area contributed by atoms with E-state index in [4.69, 9.17) is 5.73 Å². The second kappa shape index (κ2) is 5.34. The van der Waals surface area contributed by atoms with E-state index in [0.29, 0.717) is 24.1 Å². The summed E-state index contributed by atoms with van der Waals surface area (Å²) in [5, 5.41) is 0. The quantitative estimate of drug-likeness (QED) is 0.786. The number of nitrogens with two attached hydrogens (primary N) is 1. The highest BCUT2D eigenvalue weighted by atomic mass is 32.2. The number of benzene rings is 1. The van der Waals surface area contributed by atoms with Gasteiger partial charge in [-0.25, -0.2) is 21.6 Å². The average Bonchev–Trinajstić information content (AvgIpc) is 2.30. The van der Waals surface area contributed by atoms with Gasteiger partial charge in [-0.15, -0.1) is 0 Å². The molecule has 3 N–H and O–H groups in total. The molecule has 0 saturated carbocycles. The number of hydrogen-bond donors (Lipinski definition) is 2. The summed E-state index contributed by atoms with van der Waals surface area (Å²) in [5.41, 5.74) is 6.57. The number of rotatable bonds is 3. The zero-order chi connectivity index (χ0) is 15.0. The van der Waals surface area contributed by atoms with E-state index in [1.807, 2.05) is 0 Å². The fraction of sp³-hybridized carbons (Fsp3) is 0.500. The van der Waals surface area contributed by atoms with Crippen molar-refractivity contribution >= 4 is 25.5 Å². The lowest BCUT2D eigenvalue weighted by Crippen LogP contribution is -2.43. The third-order valence-corrected chi connectivity index (χ3v) is 6.89. The summed E-state index contributed by atoms with van der Waals surface area (Å²) in [6.45, 7) is 1.63. The van der Waals surface area contributed by atoms with Crippen LogP contribution in [0.2, 0.25) is 0 Å². The number of hydrogen-bond acceptors (Lipinski definition) is 5. The molecule has 1 heterocycles. The molecule has 1 atom stereocenters. The fourth-order valence-corrected chi connectivity index (χ4v) is 5.61. The molecule has 0 spiro atoms. The molecule has 1 aromatic carbocycles. The molecule has 1 unspecified atom stereocenters. The van der Waals surface area contributed by atoms with Gasteiger partial charge in [0.05, 0.1) is 16.4 Å². The molecule has 0 aromatic heterocycles. The molecule has 1 fully saturated rings. The van der Waals surface area contributed by atoms with Crippen LogP contribution >= 0.6 is 0 Å². The van der Waals surface area contributed by atoms with Crippen molar-refractivity contribution in [3.63, 3.8) is 0 Å². The lowest BCUT2D eigenvalue weighted by atomic mass is 10.2. The molecule has 0 bridgehead atoms. The van der Waals surface area contributed by atoms with Crippen molar-refractivity contribution in [1.29, 1.82) is 0 Å². The molecule has 1 aliphatic rings. The van der Waals surface area contributed by atoms with Crippen molar-refractivity contribution in [1.82, 2.24) is 4.72 Å². The van der Waals surface area contributed by atoms with Crippen LogP contribution in [-0.4, -0.2) is 34.4 Å². The summed E-state index contributed by atoms with van der Waals surface area (Å²) in [4.78, 5) is 0.0977. The monoisotopic (exact) mass is 318 g/mol. The third-order valence-electron chi connectivity index (χ3n) is 3.40. The molecule has 0 radical (unpaired) electrons. The second-order valence-electron chi connectivity index (χ2n) is 5.05. The van der Waals surface area contributed by atoms with Gasteiger partial charge in [0.25, 0.3) is 0 Å². The Balaban J connectivity index is 2.26. The lowest BCUT2D eigenvalue weighted by Gasteiger charge is -2.23. The van der Waals surface area contributed by atoms with Crippen molar-refractivity contribution in [2.45, 2.75) is 30.7 Å². The van der Waals surface area contributed by atoms with Gasteiger partial charge in [-0.05, 0) is 37.5 Å². The minimum Gasteiger partial charge on any atom is -0.398 e. The number of nitrogen functional groups attached to an aromatic ring is 1. The summed E-state index contributed by atoms with van der Waals surface area (Å²) in [6, 6.07) is 4.08. The normalized spacial score (nSPS) is 22.6. The molecule has 112 valence electrons. The summed E-state index contributed by atoms with van der Waals surface area (Å²) in [7, 11) is -6.91. The van der Waals surface area contributed by atoms with E-state index in [1.54, 1.807) is 19.1 Å². The van der Waals surface area contributed by atoms with Gasteiger partial charge in [-0.1, -0.05) is 6.07 Å². The number of anilines is 1. The average molecular weight is 318 g/mol. The molecule has 1 saturated heterocycles. The first-order valence-electron chi connectivity index (χ1n) is 6.29. The predicted octanol–water partition coefficient (Wildman–Crippen LogP) is 0.433. The fourth-order valence-electron chi connectivity index (χ4n) is 2.32. The van der Waals surface area contributed by atoms with Gasteiger partial charge >= 0.3 is 0 Å². The van der Waals surface area contributed by atoms with E-state index >= 15 is 0 Å². The Morgan fingerprint density at radius 3 is 2.70 bits per heavy atom. The Labute approximate surface area is 119 Å². The molecule has 20 heavy (non-hydrogen) atoms. The van der Waals surface area contributed by atoms with Crippen LogP contribution in [0.1, 0.15) is 18.4 Å². The van der Waals surface area contributed by atoms with E-state index in [0.717, 1.165) is 0 Å². The Morgan fingerprint density at radius 1 is 1.35 bits per heavy atom. The highest BCUT2D eigenvalue weighted by Gasteiger charge is 2.29. The van der Waals surface area contributed by atoms with Crippen LogP contribution in [0.4, 0.5) is 5.69 Å². The molecule has 1 aliphatic heterocycles. The first kappa shape index (κ1) is 15.3. The van der Waals surface area contributed by atoms with Crippen LogP contribution in [-0.2, 0) is 19.9 Å². The zero-order valence-electron chi connectivity index (χ0n) is 11.2. The zero-order valence-corrected chi connectivity index (χ0v) is 12.8. The van der Waals surface area contributed by atoms with E-state index in [9.17, 15) is 16.8 Å². The highest BCUT2D eigenvalue weighted by Crippen LogP contribution is 2.22. The summed E-state index contributed by atoms with van der Waals surface area (Å²) >= 11 is 0. The van der Waals surface area contributed by atoms with Gasteiger partial charge in [0.15, 0.2) is 9.84 Å². The lowest BCUT2D eigenvalue weighted by molar-refractivity contribution is 0.517. The van der Waals surface area contributed by atoms with Crippen molar-refractivity contribution in [3.8, 4) is 0 Å². The van der Waals surface area contributed by atoms with Gasteiger partial charge in [0.1, 0.15) is 0 Å². The van der Waals surface area contributed by atoms with Crippen LogP contribution < -0.4 is 10.5 Å². The number of nitrogens with one attached hydrogen (secondary N) is 1. The predicted molar refractivity (Wildman–Crippen MR) is 77.6 cm³/mol. The van der Waals surface area contributed by atoms with Crippen molar-refractivity contribution < 1.29 is 16.8 Å². The van der Waals surface area contributed by atoms with E-state index in [1.165, 1.54) is 6.07 Å². The number of sulfonamides is 1. The first-order chi connectivity index (χ1) is 9.21. The van der Waals surface area contributed by atoms with Crippen LogP contribution in [0.15, 0.2) is 23.1 Å². The molecule has 2 rings (SSSR count). The first-order valence-corrected chi connectivity index (χ1v) is 9.59. The number of sulfone groups is 1. The van der Waals surface area contributed by atoms with Gasteiger partial charge < -0.3 is 5.73 Å². The van der Waals surface area contributed by atoms with Gasteiger partial charge in [0, 0.05) is 11.7 Å². The Morgan fingerprint density at radius 2 is 2.05 bits per heavy atom. The van der Waals surface area contributed by atoms with Gasteiger partial charge in [0.2, 0.25) is 10.0 Å². The van der Waals surface area contributed by atoms with Crippen LogP contribution in [0.5, 0.6) is 0 Å². The minimum atomic E-state index is -3.76. The summed E-state index contributed by atoms with van der Waals surface area (Å²) in [5.74, 6) is -0.0177. The van der Waals surface area contributed by atoms with Crippen molar-refractivity contribution in [2.75, 3.05) is 17.2 Å². The van der Waals surface area contributed by atoms with Gasteiger partial charge in [-0.2, -0.15) is 0 Å². The Kier molecular flexibility index (Phi) is 4.08. The minimum absolute atomic E-state index is 0.0977. The molecular weight excluding hydrogens is 300 g/mol. The van der Waals surface area contributed by atoms with Crippen LogP contribution in [0.3, 0.4) is 0 Å².